The first-order chi connectivity index (χ1) is 14.8. The average Bonchev–Trinajstić information content (AvgIpc) is 3.01. The Morgan fingerprint density at radius 3 is 2.35 bits per heavy atom. The van der Waals surface area contributed by atoms with E-state index in [0.717, 1.165) is 21.7 Å². The van der Waals surface area contributed by atoms with Crippen LogP contribution in [0.1, 0.15) is 5.56 Å². The van der Waals surface area contributed by atoms with Gasteiger partial charge in [0.1, 0.15) is 6.54 Å². The van der Waals surface area contributed by atoms with Crippen molar-refractivity contribution in [2.24, 2.45) is 0 Å². The first-order valence-electron chi connectivity index (χ1n) is 9.28. The largest absolute Gasteiger partial charge is 0.446 e. The van der Waals surface area contributed by atoms with Gasteiger partial charge in [-0.15, -0.1) is 0 Å². The summed E-state index contributed by atoms with van der Waals surface area (Å²) in [5, 5.41) is 0. The number of halogens is 3. The molecule has 5 nitrogen and oxygen atoms in total. The minimum atomic E-state index is -4.40. The van der Waals surface area contributed by atoms with E-state index in [4.69, 9.17) is 0 Å². The van der Waals surface area contributed by atoms with Crippen molar-refractivity contribution in [3.8, 4) is 11.3 Å². The van der Waals surface area contributed by atoms with Crippen LogP contribution < -0.4 is 4.90 Å². The molecule has 9 heteroatoms. The Kier molecular flexibility index (Phi) is 5.69. The Bertz CT molecular complexity index is 1100. The van der Waals surface area contributed by atoms with Crippen LogP contribution in [0.25, 0.3) is 11.3 Å². The number of hydrogen-bond acceptors (Lipinski definition) is 4. The molecule has 0 aliphatic carbocycles. The van der Waals surface area contributed by atoms with Crippen molar-refractivity contribution in [1.29, 1.82) is 0 Å². The number of aromatic nitrogens is 1. The van der Waals surface area contributed by atoms with E-state index >= 15 is 0 Å². The quantitative estimate of drug-likeness (QED) is 0.395. The molecular weight excluding hydrogens is 427 g/mol. The number of urea groups is 1. The number of carbonyl (C=O) groups is 2. The van der Waals surface area contributed by atoms with Crippen molar-refractivity contribution in [3.63, 3.8) is 0 Å². The molecule has 1 aliphatic rings. The summed E-state index contributed by atoms with van der Waals surface area (Å²) >= 11 is -0.249. The molecule has 0 spiro atoms. The van der Waals surface area contributed by atoms with Gasteiger partial charge in [0.2, 0.25) is 0 Å². The summed E-state index contributed by atoms with van der Waals surface area (Å²) in [5.74, 6) is -0.432. The normalized spacial score (nSPS) is 14.4. The van der Waals surface area contributed by atoms with E-state index in [1.165, 1.54) is 29.2 Å². The molecule has 1 saturated heterocycles. The molecule has 0 saturated carbocycles. The summed E-state index contributed by atoms with van der Waals surface area (Å²) in [6, 6.07) is 17.9. The Labute approximate surface area is 180 Å². The van der Waals surface area contributed by atoms with Crippen LogP contribution in [0.5, 0.6) is 0 Å². The lowest BCUT2D eigenvalue weighted by molar-refractivity contribution is -0.116. The zero-order valence-corrected chi connectivity index (χ0v) is 16.9. The molecule has 0 unspecified atom stereocenters. The minimum Gasteiger partial charge on any atom is -0.310 e. The highest BCUT2D eigenvalue weighted by molar-refractivity contribution is 8.00. The fraction of sp³-hybridized carbons (Fsp3) is 0.136. The van der Waals surface area contributed by atoms with E-state index in [2.05, 4.69) is 4.98 Å². The van der Waals surface area contributed by atoms with Crippen molar-refractivity contribution >= 4 is 29.4 Å². The van der Waals surface area contributed by atoms with Gasteiger partial charge in [0.25, 0.3) is 5.91 Å². The number of alkyl halides is 3. The second-order valence-corrected chi connectivity index (χ2v) is 7.96. The lowest BCUT2D eigenvalue weighted by Gasteiger charge is -2.18. The molecule has 158 valence electrons. The summed E-state index contributed by atoms with van der Waals surface area (Å²) in [6.45, 7) is 0.103. The van der Waals surface area contributed by atoms with E-state index in [9.17, 15) is 22.8 Å². The maximum atomic E-state index is 12.8. The van der Waals surface area contributed by atoms with Crippen LogP contribution >= 0.6 is 11.8 Å². The van der Waals surface area contributed by atoms with Crippen LogP contribution in [0.3, 0.4) is 0 Å². The molecule has 3 aromatic rings. The van der Waals surface area contributed by atoms with Crippen LogP contribution in [0.4, 0.5) is 23.7 Å². The second-order valence-electron chi connectivity index (χ2n) is 6.82. The van der Waals surface area contributed by atoms with Crippen molar-refractivity contribution < 1.29 is 22.8 Å². The van der Waals surface area contributed by atoms with Gasteiger partial charge in [-0.3, -0.25) is 9.78 Å². The van der Waals surface area contributed by atoms with Gasteiger partial charge in [-0.25, -0.2) is 9.69 Å². The number of pyridine rings is 1. The predicted octanol–water partition coefficient (Wildman–Crippen LogP) is 5.33. The van der Waals surface area contributed by atoms with Crippen molar-refractivity contribution in [1.82, 2.24) is 9.88 Å². The van der Waals surface area contributed by atoms with Gasteiger partial charge in [-0.2, -0.15) is 13.2 Å². The van der Waals surface area contributed by atoms with Crippen molar-refractivity contribution in [3.05, 3.63) is 78.5 Å². The highest BCUT2D eigenvalue weighted by Gasteiger charge is 2.37. The molecular formula is C22H16F3N3O2S. The zero-order valence-electron chi connectivity index (χ0n) is 16.0. The maximum absolute atomic E-state index is 12.8. The number of carbonyl (C=O) groups excluding carboxylic acids is 2. The summed E-state index contributed by atoms with van der Waals surface area (Å²) < 4.78 is 37.5. The fourth-order valence-corrected chi connectivity index (χ4v) is 3.82. The third kappa shape index (κ3) is 4.88. The maximum Gasteiger partial charge on any atom is 0.446 e. The van der Waals surface area contributed by atoms with Gasteiger partial charge in [0.05, 0.1) is 11.4 Å². The highest BCUT2D eigenvalue weighted by Crippen LogP contribution is 2.37. The molecule has 0 atom stereocenters. The predicted molar refractivity (Wildman–Crippen MR) is 111 cm³/mol. The topological polar surface area (TPSA) is 53.5 Å². The highest BCUT2D eigenvalue weighted by atomic mass is 32.2. The Morgan fingerprint density at radius 2 is 1.68 bits per heavy atom. The number of anilines is 1. The number of benzene rings is 2. The smallest absolute Gasteiger partial charge is 0.310 e. The molecule has 1 fully saturated rings. The molecule has 4 rings (SSSR count). The Morgan fingerprint density at radius 1 is 0.968 bits per heavy atom. The Balaban J connectivity index is 1.49. The zero-order chi connectivity index (χ0) is 22.0. The molecule has 1 aliphatic heterocycles. The van der Waals surface area contributed by atoms with Crippen molar-refractivity contribution in [2.45, 2.75) is 16.9 Å². The molecule has 0 bridgehead atoms. The summed E-state index contributed by atoms with van der Waals surface area (Å²) in [6.07, 6.45) is 1.65. The van der Waals surface area contributed by atoms with E-state index in [1.54, 1.807) is 12.3 Å². The molecule has 31 heavy (non-hydrogen) atoms. The molecule has 0 N–H and O–H groups in total. The van der Waals surface area contributed by atoms with Gasteiger partial charge in [-0.05, 0) is 53.7 Å². The number of hydrogen-bond donors (Lipinski definition) is 0. The number of rotatable bonds is 5. The number of thioether (sulfide) groups is 1. The molecule has 2 aromatic carbocycles. The Hall–Kier alpha value is -3.33. The van der Waals surface area contributed by atoms with E-state index < -0.39 is 17.4 Å². The van der Waals surface area contributed by atoms with E-state index in [1.807, 2.05) is 36.4 Å². The van der Waals surface area contributed by atoms with Crippen LogP contribution in [-0.4, -0.2) is 33.9 Å². The number of amides is 3. The third-order valence-electron chi connectivity index (χ3n) is 4.63. The average molecular weight is 443 g/mol. The summed E-state index contributed by atoms with van der Waals surface area (Å²) in [4.78, 5) is 32.0. The third-order valence-corrected chi connectivity index (χ3v) is 5.37. The molecule has 3 amide bonds. The van der Waals surface area contributed by atoms with Gasteiger partial charge in [-0.1, -0.05) is 30.3 Å². The first kappa shape index (κ1) is 20.9. The minimum absolute atomic E-state index is 0.0163. The summed E-state index contributed by atoms with van der Waals surface area (Å²) in [5.41, 5.74) is -1.66. The van der Waals surface area contributed by atoms with Gasteiger partial charge in [0.15, 0.2) is 0 Å². The SMILES string of the molecule is O=C1CN(Cc2ccnc(-c3ccccc3)c2)C(=O)N1c1ccc(SC(F)(F)F)cc1. The van der Waals surface area contributed by atoms with Gasteiger partial charge < -0.3 is 4.90 Å². The van der Waals surface area contributed by atoms with E-state index in [0.29, 0.717) is 0 Å². The molecule has 2 heterocycles. The summed E-state index contributed by atoms with van der Waals surface area (Å²) in [7, 11) is 0. The number of nitrogens with zero attached hydrogens (tertiary/aromatic N) is 3. The first-order valence-corrected chi connectivity index (χ1v) is 10.1. The standard InChI is InChI=1S/C22H16F3N3O2S/c23-22(24,25)31-18-8-6-17(7-9-18)28-20(29)14-27(21(28)30)13-15-10-11-26-19(12-15)16-4-2-1-3-5-16/h1-12H,13-14H2. The van der Waals surface area contributed by atoms with Crippen LogP contribution in [0, 0.1) is 0 Å². The molecule has 1 aromatic heterocycles. The lowest BCUT2D eigenvalue weighted by Crippen LogP contribution is -2.32. The van der Waals surface area contributed by atoms with E-state index in [-0.39, 0.29) is 35.4 Å². The number of imide groups is 1. The van der Waals surface area contributed by atoms with Crippen molar-refractivity contribution in [2.75, 3.05) is 11.4 Å². The van der Waals surface area contributed by atoms with Gasteiger partial charge in [0, 0.05) is 23.2 Å². The van der Waals surface area contributed by atoms with Gasteiger partial charge >= 0.3 is 11.5 Å². The van der Waals surface area contributed by atoms with Crippen LogP contribution in [-0.2, 0) is 11.3 Å². The fourth-order valence-electron chi connectivity index (χ4n) is 3.28. The van der Waals surface area contributed by atoms with Crippen LogP contribution in [0.2, 0.25) is 0 Å². The van der Waals surface area contributed by atoms with Crippen LogP contribution in [0.15, 0.2) is 77.8 Å². The molecule has 0 radical (unpaired) electrons. The monoisotopic (exact) mass is 443 g/mol. The lowest BCUT2D eigenvalue weighted by atomic mass is 10.1. The second kappa shape index (κ2) is 8.43.